The molecule has 0 saturated carbocycles. The molecule has 0 amide bonds. The number of aromatic nitrogens is 3. The number of fused-ring (bicyclic) bond motifs is 1. The number of pyridine rings is 1. The molecule has 0 saturated heterocycles. The van der Waals surface area contributed by atoms with Crippen LogP contribution in [0.25, 0.3) is 95.0 Å². The Balaban J connectivity index is 0.00000689. The van der Waals surface area contributed by atoms with Gasteiger partial charge in [-0.15, -0.1) is 23.8 Å². The Morgan fingerprint density at radius 2 is 1.08 bits per heavy atom. The molecular formula is C67H62N3OPt-. The predicted molar refractivity (Wildman–Crippen MR) is 298 cm³/mol. The third kappa shape index (κ3) is 9.90. The maximum Gasteiger partial charge on any atom is 0.148 e. The fourth-order valence-corrected chi connectivity index (χ4v) is 9.56. The first-order valence-electron chi connectivity index (χ1n) is 26.0. The molecule has 0 aliphatic carbocycles. The van der Waals surface area contributed by atoms with Crippen LogP contribution >= 0.6 is 0 Å². The van der Waals surface area contributed by atoms with E-state index in [-0.39, 0.29) is 43.2 Å². The van der Waals surface area contributed by atoms with E-state index in [2.05, 4.69) is 200 Å². The molecule has 4 nitrogen and oxygen atoms in total. The predicted octanol–water partition coefficient (Wildman–Crippen LogP) is 17.8. The monoisotopic (exact) mass is 1120 g/mol. The van der Waals surface area contributed by atoms with Crippen LogP contribution < -0.4 is 0 Å². The number of hydrogen-bond acceptors (Lipinski definition) is 3. The van der Waals surface area contributed by atoms with E-state index in [1.807, 2.05) is 48.7 Å². The van der Waals surface area contributed by atoms with Crippen LogP contribution in [0.5, 0.6) is 5.75 Å². The minimum Gasteiger partial charge on any atom is -0.507 e. The van der Waals surface area contributed by atoms with Gasteiger partial charge in [-0.25, -0.2) is 4.98 Å². The molecule has 0 spiro atoms. The Labute approximate surface area is 445 Å². The van der Waals surface area contributed by atoms with E-state index in [1.165, 1.54) is 11.1 Å². The number of phenolic OH excluding ortho intramolecular Hbond substituents is 1. The Hall–Kier alpha value is -7.13. The van der Waals surface area contributed by atoms with Gasteiger partial charge >= 0.3 is 0 Å². The largest absolute Gasteiger partial charge is 0.507 e. The maximum atomic E-state index is 12.6. The van der Waals surface area contributed by atoms with Crippen LogP contribution in [0.4, 0.5) is 0 Å². The van der Waals surface area contributed by atoms with E-state index in [1.54, 1.807) is 12.1 Å². The van der Waals surface area contributed by atoms with Crippen molar-refractivity contribution >= 4 is 11.0 Å². The van der Waals surface area contributed by atoms with Crippen LogP contribution in [0, 0.1) is 12.9 Å². The van der Waals surface area contributed by atoms with Crippen LogP contribution in [0.15, 0.2) is 188 Å². The summed E-state index contributed by atoms with van der Waals surface area (Å²) < 4.78 is 27.7. The van der Waals surface area contributed by atoms with Gasteiger partial charge in [-0.2, -0.15) is 0 Å². The number of aryl methyl sites for hydroxylation is 1. The molecule has 0 aliphatic rings. The normalized spacial score (nSPS) is 12.8. The molecule has 72 heavy (non-hydrogen) atoms. The first-order valence-corrected chi connectivity index (χ1v) is 24.5. The van der Waals surface area contributed by atoms with Gasteiger partial charge < -0.3 is 5.11 Å². The third-order valence-corrected chi connectivity index (χ3v) is 13.6. The van der Waals surface area contributed by atoms with Crippen molar-refractivity contribution in [1.82, 2.24) is 14.5 Å². The van der Waals surface area contributed by atoms with Gasteiger partial charge in [0.1, 0.15) is 11.6 Å². The van der Waals surface area contributed by atoms with Crippen molar-refractivity contribution in [3.63, 3.8) is 0 Å². The summed E-state index contributed by atoms with van der Waals surface area (Å²) in [7, 11) is 0. The zero-order valence-electron chi connectivity index (χ0n) is 45.5. The molecule has 0 unspecified atom stereocenters. The van der Waals surface area contributed by atoms with Crippen molar-refractivity contribution in [2.75, 3.05) is 0 Å². The molecule has 0 fully saturated rings. The first-order chi connectivity index (χ1) is 35.1. The summed E-state index contributed by atoms with van der Waals surface area (Å²) in [4.78, 5) is 10.6. The summed E-state index contributed by atoms with van der Waals surface area (Å²) in [5, 5.41) is 12.6. The number of nitrogens with zero attached hydrogens (tertiary/aromatic N) is 3. The number of aromatic hydroxyl groups is 1. The third-order valence-electron chi connectivity index (χ3n) is 13.6. The van der Waals surface area contributed by atoms with Crippen LogP contribution in [0.2, 0.25) is 0 Å². The van der Waals surface area contributed by atoms with Gasteiger partial charge in [-0.1, -0.05) is 224 Å². The van der Waals surface area contributed by atoms with Gasteiger partial charge in [0.2, 0.25) is 0 Å². The van der Waals surface area contributed by atoms with E-state index in [9.17, 15) is 5.11 Å². The number of hydrogen-bond donors (Lipinski definition) is 1. The summed E-state index contributed by atoms with van der Waals surface area (Å²) in [6, 6.07) is 65.9. The standard InChI is InChI=1S/C67H62N3O.Pt/c1-43-24-33-60(56(36-43)48-29-31-53(32-30-48)65(2,3)4)70-61-23-17-22-55(62(61)69-64(70)57-41-54(66(5,6)7)42-58(63(57)71)67(8,9)10)51-37-50(45-20-15-12-16-21-45)38-52(39-51)59-40-49(34-35-68-59)47-27-25-46(26-28-47)44-18-13-11-14-19-44;/h11-38,40-42,71H,1-10H3;/q-1;/i1D3;. The molecule has 10 rings (SSSR count). The van der Waals surface area contributed by atoms with E-state index >= 15 is 0 Å². The number of phenols is 1. The van der Waals surface area contributed by atoms with Crippen LogP contribution in [0.3, 0.4) is 0 Å². The van der Waals surface area contributed by atoms with Crippen molar-refractivity contribution in [1.29, 1.82) is 0 Å². The molecule has 2 aromatic heterocycles. The molecule has 0 aliphatic heterocycles. The molecule has 362 valence electrons. The SMILES string of the molecule is [2H]C([2H])([2H])c1ccc(-n2c(-c3cc(C(C)(C)C)cc(C(C)(C)C)c3O)nc3c(-c4[c-]c(-c5cc(-c6ccc(-c7ccccc7)cc6)ccn5)cc(-c5ccccc5)c4)cccc32)c(-c2ccc(C(C)(C)C)cc2)c1.[Pt]. The summed E-state index contributed by atoms with van der Waals surface area (Å²) in [5.41, 5.74) is 16.6. The second kappa shape index (κ2) is 19.5. The van der Waals surface area contributed by atoms with E-state index in [4.69, 9.17) is 14.1 Å². The van der Waals surface area contributed by atoms with Gasteiger partial charge in [0, 0.05) is 48.2 Å². The molecule has 0 bridgehead atoms. The van der Waals surface area contributed by atoms with Crippen molar-refractivity contribution in [2.24, 2.45) is 0 Å². The van der Waals surface area contributed by atoms with E-state index in [0.717, 1.165) is 83.7 Å². The topological polar surface area (TPSA) is 50.9 Å². The smallest absolute Gasteiger partial charge is 0.148 e. The van der Waals surface area contributed by atoms with E-state index < -0.39 is 12.3 Å². The Kier molecular flexibility index (Phi) is 12.4. The molecular weight excluding hydrogens is 1060 g/mol. The van der Waals surface area contributed by atoms with Gasteiger partial charge in [0.15, 0.2) is 0 Å². The minimum atomic E-state index is -2.36. The molecule has 1 N–H and O–H groups in total. The fourth-order valence-electron chi connectivity index (χ4n) is 9.56. The summed E-state index contributed by atoms with van der Waals surface area (Å²) in [6.45, 7) is 17.1. The Morgan fingerprint density at radius 1 is 0.486 bits per heavy atom. The fraction of sp³-hybridized carbons (Fsp3) is 0.194. The van der Waals surface area contributed by atoms with Crippen LogP contribution in [-0.2, 0) is 37.3 Å². The quantitative estimate of drug-likeness (QED) is 0.154. The summed E-state index contributed by atoms with van der Waals surface area (Å²) in [5.74, 6) is 0.683. The Bertz CT molecular complexity index is 3690. The van der Waals surface area contributed by atoms with Gasteiger partial charge in [-0.3, -0.25) is 9.55 Å². The molecule has 2 heterocycles. The minimum absolute atomic E-state index is 0. The first kappa shape index (κ1) is 46.0. The van der Waals surface area contributed by atoms with Crippen LogP contribution in [0.1, 0.15) is 88.7 Å². The molecule has 0 radical (unpaired) electrons. The Morgan fingerprint density at radius 3 is 1.71 bits per heavy atom. The molecule has 8 aromatic carbocycles. The van der Waals surface area contributed by atoms with E-state index in [0.29, 0.717) is 16.9 Å². The molecule has 10 aromatic rings. The zero-order valence-corrected chi connectivity index (χ0v) is 44.8. The van der Waals surface area contributed by atoms with Crippen LogP contribution in [-0.4, -0.2) is 19.6 Å². The number of imidazole rings is 1. The van der Waals surface area contributed by atoms with Crippen molar-refractivity contribution < 1.29 is 30.3 Å². The van der Waals surface area contributed by atoms with Gasteiger partial charge in [0.05, 0.1) is 22.3 Å². The van der Waals surface area contributed by atoms with Gasteiger partial charge in [-0.05, 0) is 97.9 Å². The van der Waals surface area contributed by atoms with Crippen molar-refractivity contribution in [2.45, 2.75) is 85.4 Å². The second-order valence-electron chi connectivity index (χ2n) is 21.9. The van der Waals surface area contributed by atoms with Crippen molar-refractivity contribution in [3.05, 3.63) is 217 Å². The maximum absolute atomic E-state index is 12.6. The van der Waals surface area contributed by atoms with Gasteiger partial charge in [0.25, 0.3) is 0 Å². The van der Waals surface area contributed by atoms with Crippen molar-refractivity contribution in [3.8, 4) is 89.7 Å². The molecule has 0 atom stereocenters. The second-order valence-corrected chi connectivity index (χ2v) is 21.9. The number of rotatable bonds is 8. The number of para-hydroxylation sites is 1. The summed E-state index contributed by atoms with van der Waals surface area (Å²) in [6.07, 6.45) is 1.86. The average Bonchev–Trinajstić information content (AvgIpc) is 3.79. The summed E-state index contributed by atoms with van der Waals surface area (Å²) >= 11 is 0. The average molecular weight is 1120 g/mol. The zero-order chi connectivity index (χ0) is 52.3. The molecule has 5 heteroatoms. The number of benzene rings is 8.